The molecule has 2 aromatic heterocycles. The van der Waals surface area contributed by atoms with Gasteiger partial charge in [-0.15, -0.1) is 0 Å². The molecule has 5 nitrogen and oxygen atoms in total. The summed E-state index contributed by atoms with van der Waals surface area (Å²) in [7, 11) is 1.37. The number of aromatic nitrogens is 2. The topological polar surface area (TPSA) is 58.8 Å². The maximum atomic E-state index is 14.2. The highest BCUT2D eigenvalue weighted by Gasteiger charge is 2.19. The number of halogens is 2. The van der Waals surface area contributed by atoms with E-state index in [4.69, 9.17) is 16.3 Å². The van der Waals surface area contributed by atoms with Gasteiger partial charge in [-0.3, -0.25) is 4.40 Å². The van der Waals surface area contributed by atoms with Gasteiger partial charge >= 0.3 is 0 Å². The Morgan fingerprint density at radius 1 is 1.14 bits per heavy atom. The second-order valence-corrected chi connectivity index (χ2v) is 6.82. The van der Waals surface area contributed by atoms with E-state index in [-0.39, 0.29) is 5.75 Å². The summed E-state index contributed by atoms with van der Waals surface area (Å²) < 4.78 is 21.2. The largest absolute Gasteiger partial charge is 0.502 e. The normalized spacial score (nSPS) is 11.0. The molecule has 0 aliphatic carbocycles. The average Bonchev–Trinajstić information content (AvgIpc) is 3.03. The molecule has 28 heavy (non-hydrogen) atoms. The lowest BCUT2D eigenvalue weighted by molar-refractivity contribution is 0.357. The predicted molar refractivity (Wildman–Crippen MR) is 108 cm³/mol. The van der Waals surface area contributed by atoms with Gasteiger partial charge in [-0.2, -0.15) is 0 Å². The van der Waals surface area contributed by atoms with Crippen molar-refractivity contribution < 1.29 is 14.2 Å². The molecule has 142 valence electrons. The number of fused-ring (bicyclic) bond motifs is 1. The number of rotatable bonds is 4. The molecule has 4 rings (SSSR count). The molecular weight excluding hydrogens is 381 g/mol. The first-order valence-corrected chi connectivity index (χ1v) is 8.92. The quantitative estimate of drug-likeness (QED) is 0.473. The summed E-state index contributed by atoms with van der Waals surface area (Å²) in [5.41, 5.74) is 3.55. The van der Waals surface area contributed by atoms with Crippen molar-refractivity contribution in [1.29, 1.82) is 0 Å². The van der Waals surface area contributed by atoms with Gasteiger partial charge in [0.25, 0.3) is 0 Å². The fourth-order valence-corrected chi connectivity index (χ4v) is 3.13. The average molecular weight is 398 g/mol. The Bertz CT molecular complexity index is 1170. The molecule has 0 bridgehead atoms. The Labute approximate surface area is 166 Å². The fraction of sp³-hybridized carbons (Fsp3) is 0.0952. The van der Waals surface area contributed by atoms with Crippen LogP contribution in [0.25, 0.3) is 16.9 Å². The van der Waals surface area contributed by atoms with Gasteiger partial charge in [-0.1, -0.05) is 17.7 Å². The Morgan fingerprint density at radius 2 is 1.89 bits per heavy atom. The zero-order chi connectivity index (χ0) is 19.8. The highest BCUT2D eigenvalue weighted by Crippen LogP contribution is 2.38. The van der Waals surface area contributed by atoms with Crippen LogP contribution in [0.2, 0.25) is 5.02 Å². The van der Waals surface area contributed by atoms with E-state index in [9.17, 15) is 9.50 Å². The van der Waals surface area contributed by atoms with Crippen LogP contribution >= 0.6 is 11.6 Å². The number of benzene rings is 2. The number of ether oxygens (including phenoxy) is 1. The second kappa shape index (κ2) is 7.05. The molecule has 7 heteroatoms. The number of phenols is 1. The standard InChI is InChI=1S/C21H17ClFN3O2/c1-12-3-8-18-25-19(13-9-16(23)20(27)17(10-13)28-2)21(26(18)11-12)24-15-6-4-14(22)5-7-15/h3-11,24,27H,1-2H3. The first-order valence-electron chi connectivity index (χ1n) is 8.54. The van der Waals surface area contributed by atoms with E-state index >= 15 is 0 Å². The van der Waals surface area contributed by atoms with Crippen molar-refractivity contribution in [2.24, 2.45) is 0 Å². The number of methoxy groups -OCH3 is 1. The summed E-state index contributed by atoms with van der Waals surface area (Å²) in [5, 5.41) is 13.8. The number of nitrogens with zero attached hydrogens (tertiary/aromatic N) is 2. The molecule has 0 aliphatic rings. The van der Waals surface area contributed by atoms with Crippen LogP contribution in [0, 0.1) is 12.7 Å². The molecule has 0 spiro atoms. The number of phenolic OH excluding ortho intramolecular Hbond substituents is 1. The summed E-state index contributed by atoms with van der Waals surface area (Å²) in [6.45, 7) is 1.98. The van der Waals surface area contributed by atoms with Gasteiger partial charge < -0.3 is 15.2 Å². The summed E-state index contributed by atoms with van der Waals surface area (Å²) in [6.07, 6.45) is 1.94. The first-order chi connectivity index (χ1) is 13.5. The van der Waals surface area contributed by atoms with E-state index in [1.54, 1.807) is 18.2 Å². The van der Waals surface area contributed by atoms with E-state index in [0.717, 1.165) is 11.3 Å². The zero-order valence-electron chi connectivity index (χ0n) is 15.2. The number of hydrogen-bond donors (Lipinski definition) is 2. The van der Waals surface area contributed by atoms with Crippen LogP contribution in [0.4, 0.5) is 15.9 Å². The number of aromatic hydroxyl groups is 1. The van der Waals surface area contributed by atoms with E-state index in [2.05, 4.69) is 10.3 Å². The van der Waals surface area contributed by atoms with Crippen molar-refractivity contribution >= 4 is 28.8 Å². The molecule has 0 radical (unpaired) electrons. The van der Waals surface area contributed by atoms with E-state index in [1.807, 2.05) is 41.8 Å². The number of hydrogen-bond acceptors (Lipinski definition) is 4. The first kappa shape index (κ1) is 18.1. The van der Waals surface area contributed by atoms with Crippen molar-refractivity contribution in [3.05, 3.63) is 71.1 Å². The van der Waals surface area contributed by atoms with E-state index < -0.39 is 11.6 Å². The molecule has 0 saturated carbocycles. The van der Waals surface area contributed by atoms with E-state index in [1.165, 1.54) is 13.2 Å². The predicted octanol–water partition coefficient (Wildman–Crippen LogP) is 5.56. The molecule has 2 heterocycles. The van der Waals surface area contributed by atoms with Crippen LogP contribution in [0.3, 0.4) is 0 Å². The van der Waals surface area contributed by atoms with Gasteiger partial charge in [-0.25, -0.2) is 9.37 Å². The van der Waals surface area contributed by atoms with Crippen molar-refractivity contribution in [1.82, 2.24) is 9.38 Å². The van der Waals surface area contributed by atoms with Crippen molar-refractivity contribution in [2.75, 3.05) is 12.4 Å². The lowest BCUT2D eigenvalue weighted by atomic mass is 10.1. The van der Waals surface area contributed by atoms with Gasteiger partial charge in [0.1, 0.15) is 17.2 Å². The monoisotopic (exact) mass is 397 g/mol. The van der Waals surface area contributed by atoms with Crippen LogP contribution in [0.1, 0.15) is 5.56 Å². The summed E-state index contributed by atoms with van der Waals surface area (Å²) in [6, 6.07) is 13.9. The third kappa shape index (κ3) is 3.23. The van der Waals surface area contributed by atoms with Crippen molar-refractivity contribution in [3.63, 3.8) is 0 Å². The van der Waals surface area contributed by atoms with Gasteiger partial charge in [0.2, 0.25) is 0 Å². The fourth-order valence-electron chi connectivity index (χ4n) is 3.01. The Kier molecular flexibility index (Phi) is 4.57. The van der Waals surface area contributed by atoms with Gasteiger partial charge in [0, 0.05) is 22.5 Å². The molecule has 4 aromatic rings. The third-order valence-electron chi connectivity index (χ3n) is 4.40. The molecule has 0 aliphatic heterocycles. The number of aryl methyl sites for hydroxylation is 1. The highest BCUT2D eigenvalue weighted by molar-refractivity contribution is 6.30. The summed E-state index contributed by atoms with van der Waals surface area (Å²) in [5.74, 6) is -0.605. The maximum absolute atomic E-state index is 14.2. The Balaban J connectivity index is 1.93. The molecule has 0 saturated heterocycles. The molecule has 0 atom stereocenters. The lowest BCUT2D eigenvalue weighted by Crippen LogP contribution is -1.98. The van der Waals surface area contributed by atoms with Gasteiger partial charge in [0.05, 0.1) is 7.11 Å². The minimum atomic E-state index is -0.778. The summed E-state index contributed by atoms with van der Waals surface area (Å²) in [4.78, 5) is 4.65. The zero-order valence-corrected chi connectivity index (χ0v) is 16.0. The number of imidazole rings is 1. The van der Waals surface area contributed by atoms with Crippen LogP contribution in [0.15, 0.2) is 54.7 Å². The molecule has 0 unspecified atom stereocenters. The minimum Gasteiger partial charge on any atom is -0.502 e. The van der Waals surface area contributed by atoms with E-state index in [0.29, 0.717) is 27.7 Å². The molecule has 0 fully saturated rings. The molecule has 2 N–H and O–H groups in total. The Hall–Kier alpha value is -3.25. The van der Waals surface area contributed by atoms with Crippen molar-refractivity contribution in [3.8, 4) is 22.8 Å². The number of anilines is 2. The third-order valence-corrected chi connectivity index (χ3v) is 4.65. The summed E-state index contributed by atoms with van der Waals surface area (Å²) >= 11 is 5.98. The van der Waals surface area contributed by atoms with Crippen LogP contribution in [-0.4, -0.2) is 21.6 Å². The SMILES string of the molecule is COc1cc(-c2nc3ccc(C)cn3c2Nc2ccc(Cl)cc2)cc(F)c1O. The maximum Gasteiger partial charge on any atom is 0.194 e. The highest BCUT2D eigenvalue weighted by atomic mass is 35.5. The van der Waals surface area contributed by atoms with Gasteiger partial charge in [0.15, 0.2) is 17.3 Å². The van der Waals surface area contributed by atoms with Crippen LogP contribution < -0.4 is 10.1 Å². The molecule has 2 aromatic carbocycles. The number of pyridine rings is 1. The number of nitrogens with one attached hydrogen (secondary N) is 1. The van der Waals surface area contributed by atoms with Crippen LogP contribution in [0.5, 0.6) is 11.5 Å². The lowest BCUT2D eigenvalue weighted by Gasteiger charge is -2.11. The van der Waals surface area contributed by atoms with Crippen LogP contribution in [-0.2, 0) is 0 Å². The molecule has 0 amide bonds. The Morgan fingerprint density at radius 3 is 2.61 bits per heavy atom. The van der Waals surface area contributed by atoms with Crippen molar-refractivity contribution in [2.45, 2.75) is 6.92 Å². The minimum absolute atomic E-state index is 0.0423. The smallest absolute Gasteiger partial charge is 0.194 e. The second-order valence-electron chi connectivity index (χ2n) is 6.38. The van der Waals surface area contributed by atoms with Gasteiger partial charge in [-0.05, 0) is 55.0 Å². The molecular formula is C21H17ClFN3O2.